The van der Waals surface area contributed by atoms with E-state index in [1.807, 2.05) is 6.07 Å². The van der Waals surface area contributed by atoms with Gasteiger partial charge in [0, 0.05) is 24.9 Å². The van der Waals surface area contributed by atoms with Gasteiger partial charge in [-0.3, -0.25) is 10.1 Å². The second-order valence-corrected chi connectivity index (χ2v) is 5.19. The van der Waals surface area contributed by atoms with Crippen molar-refractivity contribution in [2.45, 2.75) is 20.3 Å². The van der Waals surface area contributed by atoms with Crippen LogP contribution in [0.5, 0.6) is 0 Å². The molecule has 0 fully saturated rings. The summed E-state index contributed by atoms with van der Waals surface area (Å²) in [5, 5.41) is 14.1. The minimum absolute atomic E-state index is 0.0150. The van der Waals surface area contributed by atoms with Crippen LogP contribution in [0, 0.1) is 16.0 Å². The Labute approximate surface area is 123 Å². The van der Waals surface area contributed by atoms with E-state index in [9.17, 15) is 10.1 Å². The van der Waals surface area contributed by atoms with Crippen LogP contribution in [-0.4, -0.2) is 21.9 Å². The summed E-state index contributed by atoms with van der Waals surface area (Å²) in [5.41, 5.74) is 1.32. The van der Waals surface area contributed by atoms with Crippen LogP contribution in [0.15, 0.2) is 30.3 Å². The number of benzene rings is 1. The lowest BCUT2D eigenvalue weighted by Crippen LogP contribution is -2.04. The van der Waals surface area contributed by atoms with Gasteiger partial charge < -0.3 is 5.32 Å². The van der Waals surface area contributed by atoms with Gasteiger partial charge in [0.15, 0.2) is 5.82 Å². The average Bonchev–Trinajstić information content (AvgIpc) is 2.46. The molecule has 0 radical (unpaired) electrons. The van der Waals surface area contributed by atoms with E-state index in [4.69, 9.17) is 0 Å². The number of hydrogen-bond donors (Lipinski definition) is 1. The van der Waals surface area contributed by atoms with Crippen LogP contribution in [0.1, 0.15) is 19.5 Å². The van der Waals surface area contributed by atoms with Gasteiger partial charge in [-0.1, -0.05) is 26.0 Å². The van der Waals surface area contributed by atoms with Crippen molar-refractivity contribution < 1.29 is 4.92 Å². The number of rotatable bonds is 5. The molecule has 6 nitrogen and oxygen atoms in total. The molecule has 2 aromatic rings. The fraction of sp³-hybridized carbons (Fsp3) is 0.333. The lowest BCUT2D eigenvalue weighted by molar-refractivity contribution is -0.384. The van der Waals surface area contributed by atoms with E-state index < -0.39 is 4.92 Å². The quantitative estimate of drug-likeness (QED) is 0.673. The summed E-state index contributed by atoms with van der Waals surface area (Å²) in [4.78, 5) is 19.6. The van der Waals surface area contributed by atoms with Crippen LogP contribution in [0.25, 0.3) is 11.4 Å². The molecule has 0 saturated heterocycles. The SMILES string of the molecule is CNc1cc(CC(C)C)nc(-c2ccccc2[N+](=O)[O-])n1. The maximum absolute atomic E-state index is 11.1. The molecule has 0 amide bonds. The normalized spacial score (nSPS) is 10.7. The van der Waals surface area contributed by atoms with Gasteiger partial charge in [-0.25, -0.2) is 9.97 Å². The Hall–Kier alpha value is -2.50. The molecule has 0 atom stereocenters. The molecule has 21 heavy (non-hydrogen) atoms. The zero-order valence-electron chi connectivity index (χ0n) is 12.3. The predicted molar refractivity (Wildman–Crippen MR) is 82.2 cm³/mol. The van der Waals surface area contributed by atoms with E-state index in [2.05, 4.69) is 29.1 Å². The molecular weight excluding hydrogens is 268 g/mol. The van der Waals surface area contributed by atoms with Gasteiger partial charge in [0.05, 0.1) is 10.5 Å². The van der Waals surface area contributed by atoms with Crippen molar-refractivity contribution >= 4 is 11.5 Å². The van der Waals surface area contributed by atoms with Crippen LogP contribution in [-0.2, 0) is 6.42 Å². The molecule has 0 aliphatic rings. The largest absolute Gasteiger partial charge is 0.373 e. The molecule has 1 aromatic carbocycles. The molecule has 110 valence electrons. The number of nitro benzene ring substituents is 1. The van der Waals surface area contributed by atoms with E-state index in [-0.39, 0.29) is 5.69 Å². The van der Waals surface area contributed by atoms with Gasteiger partial charge in [-0.15, -0.1) is 0 Å². The van der Waals surface area contributed by atoms with Gasteiger partial charge in [-0.2, -0.15) is 0 Å². The maximum atomic E-state index is 11.1. The first-order valence-corrected chi connectivity index (χ1v) is 6.80. The highest BCUT2D eigenvalue weighted by Gasteiger charge is 2.17. The zero-order valence-corrected chi connectivity index (χ0v) is 12.3. The minimum atomic E-state index is -0.410. The second kappa shape index (κ2) is 6.30. The Morgan fingerprint density at radius 2 is 2.00 bits per heavy atom. The molecule has 0 bridgehead atoms. The topological polar surface area (TPSA) is 81.0 Å². The van der Waals surface area contributed by atoms with Gasteiger partial charge >= 0.3 is 0 Å². The summed E-state index contributed by atoms with van der Waals surface area (Å²) >= 11 is 0. The molecule has 2 rings (SSSR count). The first kappa shape index (κ1) is 14.9. The van der Waals surface area contributed by atoms with Crippen molar-refractivity contribution in [1.29, 1.82) is 0 Å². The van der Waals surface area contributed by atoms with Gasteiger partial charge in [0.1, 0.15) is 5.82 Å². The van der Waals surface area contributed by atoms with Crippen LogP contribution in [0.2, 0.25) is 0 Å². The Kier molecular flexibility index (Phi) is 4.47. The van der Waals surface area contributed by atoms with Crippen LogP contribution >= 0.6 is 0 Å². The van der Waals surface area contributed by atoms with E-state index in [1.54, 1.807) is 25.2 Å². The van der Waals surface area contributed by atoms with Crippen LogP contribution in [0.3, 0.4) is 0 Å². The number of para-hydroxylation sites is 1. The Bertz CT molecular complexity index is 656. The highest BCUT2D eigenvalue weighted by Crippen LogP contribution is 2.28. The first-order valence-electron chi connectivity index (χ1n) is 6.80. The predicted octanol–water partition coefficient (Wildman–Crippen LogP) is 3.29. The fourth-order valence-electron chi connectivity index (χ4n) is 2.09. The number of anilines is 1. The molecule has 0 saturated carbocycles. The van der Waals surface area contributed by atoms with Crippen molar-refractivity contribution in [3.05, 3.63) is 46.1 Å². The summed E-state index contributed by atoms with van der Waals surface area (Å²) in [6.07, 6.45) is 0.796. The summed E-state index contributed by atoms with van der Waals surface area (Å²) < 4.78 is 0. The molecule has 1 aromatic heterocycles. The Balaban J connectivity index is 2.55. The highest BCUT2D eigenvalue weighted by atomic mass is 16.6. The maximum Gasteiger partial charge on any atom is 0.280 e. The smallest absolute Gasteiger partial charge is 0.280 e. The van der Waals surface area contributed by atoms with E-state index in [1.165, 1.54) is 6.07 Å². The number of hydrogen-bond acceptors (Lipinski definition) is 5. The molecule has 0 aliphatic heterocycles. The van der Waals surface area contributed by atoms with Gasteiger partial charge in [0.2, 0.25) is 0 Å². The van der Waals surface area contributed by atoms with Gasteiger partial charge in [0.25, 0.3) is 5.69 Å². The summed E-state index contributed by atoms with van der Waals surface area (Å²) in [7, 11) is 1.77. The third kappa shape index (κ3) is 3.53. The van der Waals surface area contributed by atoms with Crippen molar-refractivity contribution in [2.75, 3.05) is 12.4 Å². The Morgan fingerprint density at radius 1 is 1.29 bits per heavy atom. The molecule has 0 aliphatic carbocycles. The molecule has 1 N–H and O–H groups in total. The number of nitrogens with one attached hydrogen (secondary N) is 1. The van der Waals surface area contributed by atoms with Crippen LogP contribution in [0.4, 0.5) is 11.5 Å². The van der Waals surface area contributed by atoms with Crippen molar-refractivity contribution in [3.63, 3.8) is 0 Å². The summed E-state index contributed by atoms with van der Waals surface area (Å²) in [5.74, 6) is 1.49. The molecule has 0 unspecified atom stereocenters. The summed E-state index contributed by atoms with van der Waals surface area (Å²) in [6.45, 7) is 4.21. The Morgan fingerprint density at radius 3 is 2.62 bits per heavy atom. The number of nitrogens with zero attached hydrogens (tertiary/aromatic N) is 3. The third-order valence-corrected chi connectivity index (χ3v) is 2.99. The fourth-order valence-corrected chi connectivity index (χ4v) is 2.09. The average molecular weight is 286 g/mol. The molecule has 6 heteroatoms. The van der Waals surface area contributed by atoms with Crippen molar-refractivity contribution in [3.8, 4) is 11.4 Å². The monoisotopic (exact) mass is 286 g/mol. The standard InChI is InChI=1S/C15H18N4O2/c1-10(2)8-11-9-14(16-3)18-15(17-11)12-6-4-5-7-13(12)19(20)21/h4-7,9-10H,8H2,1-3H3,(H,16,17,18). The summed E-state index contributed by atoms with van der Waals surface area (Å²) in [6, 6.07) is 8.40. The van der Waals surface area contributed by atoms with E-state index >= 15 is 0 Å². The van der Waals surface area contributed by atoms with Gasteiger partial charge in [-0.05, 0) is 18.4 Å². The first-order chi connectivity index (χ1) is 10.0. The molecule has 1 heterocycles. The third-order valence-electron chi connectivity index (χ3n) is 2.99. The van der Waals surface area contributed by atoms with E-state index in [0.29, 0.717) is 23.1 Å². The number of nitro groups is 1. The lowest BCUT2D eigenvalue weighted by Gasteiger charge is -2.09. The number of aromatic nitrogens is 2. The van der Waals surface area contributed by atoms with Crippen molar-refractivity contribution in [2.24, 2.45) is 5.92 Å². The zero-order chi connectivity index (χ0) is 15.4. The van der Waals surface area contributed by atoms with E-state index in [0.717, 1.165) is 12.1 Å². The highest BCUT2D eigenvalue weighted by molar-refractivity contribution is 5.68. The second-order valence-electron chi connectivity index (χ2n) is 5.19. The molecule has 0 spiro atoms. The lowest BCUT2D eigenvalue weighted by atomic mass is 10.1. The minimum Gasteiger partial charge on any atom is -0.373 e. The molecular formula is C15H18N4O2. The van der Waals surface area contributed by atoms with Crippen LogP contribution < -0.4 is 5.32 Å². The van der Waals surface area contributed by atoms with Crippen molar-refractivity contribution in [1.82, 2.24) is 9.97 Å².